The van der Waals surface area contributed by atoms with Crippen molar-refractivity contribution in [3.05, 3.63) is 54.1 Å². The first kappa shape index (κ1) is 15.1. The van der Waals surface area contributed by atoms with E-state index in [1.807, 2.05) is 43.3 Å². The Labute approximate surface area is 134 Å². The molecule has 1 amide bonds. The number of rotatable bonds is 4. The third-order valence-corrected chi connectivity index (χ3v) is 3.77. The first-order chi connectivity index (χ1) is 11.2. The second-order valence-electron chi connectivity index (χ2n) is 5.38. The predicted octanol–water partition coefficient (Wildman–Crippen LogP) is 2.98. The summed E-state index contributed by atoms with van der Waals surface area (Å²) in [5.41, 5.74) is 2.56. The molecule has 1 heterocycles. The number of hydrogen-bond donors (Lipinski definition) is 2. The smallest absolute Gasteiger partial charge is 0.334 e. The molecule has 5 nitrogen and oxygen atoms in total. The number of carbonyl (C=O) groups excluding carboxylic acids is 2. The maximum atomic E-state index is 12.2. The van der Waals surface area contributed by atoms with Crippen LogP contribution in [-0.2, 0) is 16.0 Å². The normalized spacial score (nSPS) is 16.0. The molecule has 0 aliphatic carbocycles. The lowest BCUT2D eigenvalue weighted by Crippen LogP contribution is -2.39. The van der Waals surface area contributed by atoms with E-state index in [9.17, 15) is 9.59 Å². The zero-order valence-corrected chi connectivity index (χ0v) is 12.8. The fourth-order valence-corrected chi connectivity index (χ4v) is 2.57. The van der Waals surface area contributed by atoms with Crippen LogP contribution in [0.4, 0.5) is 11.4 Å². The fraction of sp³-hybridized carbons (Fsp3) is 0.222. The number of amides is 1. The number of esters is 1. The van der Waals surface area contributed by atoms with Crippen molar-refractivity contribution in [2.45, 2.75) is 25.8 Å². The number of aryl methyl sites for hydroxylation is 1. The molecule has 0 unspecified atom stereocenters. The van der Waals surface area contributed by atoms with Gasteiger partial charge in [0.25, 0.3) is 0 Å². The van der Waals surface area contributed by atoms with Crippen molar-refractivity contribution in [2.75, 3.05) is 10.6 Å². The van der Waals surface area contributed by atoms with Gasteiger partial charge in [-0.3, -0.25) is 4.79 Å². The van der Waals surface area contributed by atoms with E-state index >= 15 is 0 Å². The summed E-state index contributed by atoms with van der Waals surface area (Å²) in [5, 5.41) is 5.92. The summed E-state index contributed by atoms with van der Waals surface area (Å²) < 4.78 is 5.26. The molecule has 1 aliphatic rings. The Balaban J connectivity index is 1.68. The quantitative estimate of drug-likeness (QED) is 0.673. The number of para-hydroxylation sites is 3. The summed E-state index contributed by atoms with van der Waals surface area (Å²) in [6.45, 7) is 2.03. The van der Waals surface area contributed by atoms with Gasteiger partial charge in [-0.1, -0.05) is 37.3 Å². The molecule has 0 aromatic heterocycles. The summed E-state index contributed by atoms with van der Waals surface area (Å²) in [6, 6.07) is 14.1. The number of ether oxygens (including phenoxy) is 1. The Kier molecular flexibility index (Phi) is 4.28. The monoisotopic (exact) mass is 310 g/mol. The molecule has 0 radical (unpaired) electrons. The van der Waals surface area contributed by atoms with Gasteiger partial charge in [-0.25, -0.2) is 4.79 Å². The predicted molar refractivity (Wildman–Crippen MR) is 88.6 cm³/mol. The standard InChI is InChI=1S/C18H18N2O3/c1-2-12-7-3-4-8-13(12)20-17(21)11-15-18(22)23-16-10-6-5-9-14(16)19-15/h3-10,15,19H,2,11H2,1H3,(H,20,21)/t15-/m1/s1. The summed E-state index contributed by atoms with van der Waals surface area (Å²) >= 11 is 0. The minimum atomic E-state index is -0.682. The highest BCUT2D eigenvalue weighted by atomic mass is 16.5. The van der Waals surface area contributed by atoms with E-state index < -0.39 is 12.0 Å². The first-order valence-corrected chi connectivity index (χ1v) is 7.62. The van der Waals surface area contributed by atoms with Crippen LogP contribution in [0.3, 0.4) is 0 Å². The van der Waals surface area contributed by atoms with Crippen LogP contribution in [0.5, 0.6) is 5.75 Å². The molecule has 1 aliphatic heterocycles. The molecule has 2 aromatic rings. The average Bonchev–Trinajstić information content (AvgIpc) is 2.56. The Hall–Kier alpha value is -2.82. The van der Waals surface area contributed by atoms with Gasteiger partial charge in [0.15, 0.2) is 5.75 Å². The minimum absolute atomic E-state index is 0.0191. The van der Waals surface area contributed by atoms with E-state index in [4.69, 9.17) is 4.74 Å². The lowest BCUT2D eigenvalue weighted by Gasteiger charge is -2.25. The molecule has 0 spiro atoms. The summed E-state index contributed by atoms with van der Waals surface area (Å²) in [4.78, 5) is 24.3. The number of carbonyl (C=O) groups is 2. The second-order valence-corrected chi connectivity index (χ2v) is 5.38. The number of hydrogen-bond acceptors (Lipinski definition) is 4. The topological polar surface area (TPSA) is 67.4 Å². The van der Waals surface area contributed by atoms with Crippen molar-refractivity contribution in [1.29, 1.82) is 0 Å². The largest absolute Gasteiger partial charge is 0.423 e. The average molecular weight is 310 g/mol. The van der Waals surface area contributed by atoms with Gasteiger partial charge in [0, 0.05) is 5.69 Å². The Bertz CT molecular complexity index is 743. The van der Waals surface area contributed by atoms with E-state index in [0.717, 1.165) is 23.4 Å². The molecule has 0 bridgehead atoms. The molecule has 0 saturated heterocycles. The Morgan fingerprint density at radius 2 is 1.91 bits per heavy atom. The Morgan fingerprint density at radius 3 is 2.74 bits per heavy atom. The van der Waals surface area contributed by atoms with Crippen molar-refractivity contribution in [2.24, 2.45) is 0 Å². The Morgan fingerprint density at radius 1 is 1.17 bits per heavy atom. The van der Waals surface area contributed by atoms with Gasteiger partial charge in [0.1, 0.15) is 6.04 Å². The van der Waals surface area contributed by atoms with Crippen LogP contribution in [0.15, 0.2) is 48.5 Å². The van der Waals surface area contributed by atoms with Crippen LogP contribution in [0.1, 0.15) is 18.9 Å². The molecule has 2 N–H and O–H groups in total. The number of nitrogens with one attached hydrogen (secondary N) is 2. The molecule has 0 fully saturated rings. The lowest BCUT2D eigenvalue weighted by atomic mass is 10.1. The van der Waals surface area contributed by atoms with Gasteiger partial charge in [0.05, 0.1) is 12.1 Å². The molecule has 2 aromatic carbocycles. The van der Waals surface area contributed by atoms with Gasteiger partial charge < -0.3 is 15.4 Å². The highest BCUT2D eigenvalue weighted by Gasteiger charge is 2.29. The van der Waals surface area contributed by atoms with Crippen molar-refractivity contribution in [3.63, 3.8) is 0 Å². The number of fused-ring (bicyclic) bond motifs is 1. The van der Waals surface area contributed by atoms with Crippen LogP contribution in [-0.4, -0.2) is 17.9 Å². The highest BCUT2D eigenvalue weighted by molar-refractivity contribution is 5.97. The van der Waals surface area contributed by atoms with Crippen molar-refractivity contribution in [1.82, 2.24) is 0 Å². The molecule has 0 saturated carbocycles. The molecular formula is C18H18N2O3. The fourth-order valence-electron chi connectivity index (χ4n) is 2.57. The first-order valence-electron chi connectivity index (χ1n) is 7.62. The third-order valence-electron chi connectivity index (χ3n) is 3.77. The van der Waals surface area contributed by atoms with Crippen LogP contribution in [0, 0.1) is 0 Å². The van der Waals surface area contributed by atoms with E-state index in [1.165, 1.54) is 0 Å². The second kappa shape index (κ2) is 6.52. The molecule has 23 heavy (non-hydrogen) atoms. The van der Waals surface area contributed by atoms with Crippen molar-refractivity contribution < 1.29 is 14.3 Å². The van der Waals surface area contributed by atoms with Crippen LogP contribution in [0.2, 0.25) is 0 Å². The number of anilines is 2. The highest BCUT2D eigenvalue weighted by Crippen LogP contribution is 2.29. The van der Waals surface area contributed by atoms with Crippen molar-refractivity contribution >= 4 is 23.3 Å². The minimum Gasteiger partial charge on any atom is -0.423 e. The van der Waals surface area contributed by atoms with E-state index in [-0.39, 0.29) is 12.3 Å². The molecule has 1 atom stereocenters. The zero-order chi connectivity index (χ0) is 16.2. The summed E-state index contributed by atoms with van der Waals surface area (Å²) in [7, 11) is 0. The van der Waals surface area contributed by atoms with Gasteiger partial charge in [0.2, 0.25) is 5.91 Å². The third kappa shape index (κ3) is 3.34. The van der Waals surface area contributed by atoms with E-state index in [1.54, 1.807) is 12.1 Å². The van der Waals surface area contributed by atoms with Gasteiger partial charge in [-0.05, 0) is 30.2 Å². The summed E-state index contributed by atoms with van der Waals surface area (Å²) in [6.07, 6.45) is 0.846. The van der Waals surface area contributed by atoms with E-state index in [2.05, 4.69) is 10.6 Å². The summed E-state index contributed by atoms with van der Waals surface area (Å²) in [5.74, 6) is -0.173. The van der Waals surface area contributed by atoms with Gasteiger partial charge in [-0.2, -0.15) is 0 Å². The molecular weight excluding hydrogens is 292 g/mol. The molecule has 5 heteroatoms. The maximum absolute atomic E-state index is 12.2. The van der Waals surface area contributed by atoms with E-state index in [0.29, 0.717) is 5.75 Å². The lowest BCUT2D eigenvalue weighted by molar-refractivity contribution is -0.137. The van der Waals surface area contributed by atoms with Crippen molar-refractivity contribution in [3.8, 4) is 5.75 Å². The zero-order valence-electron chi connectivity index (χ0n) is 12.8. The maximum Gasteiger partial charge on any atom is 0.334 e. The SMILES string of the molecule is CCc1ccccc1NC(=O)C[C@H]1Nc2ccccc2OC1=O. The van der Waals surface area contributed by atoms with Crippen LogP contribution < -0.4 is 15.4 Å². The molecule has 118 valence electrons. The van der Waals surface area contributed by atoms with Gasteiger partial charge >= 0.3 is 5.97 Å². The number of benzene rings is 2. The van der Waals surface area contributed by atoms with Crippen LogP contribution in [0.25, 0.3) is 0 Å². The molecule has 3 rings (SSSR count). The van der Waals surface area contributed by atoms with Crippen LogP contribution >= 0.6 is 0 Å². The van der Waals surface area contributed by atoms with Gasteiger partial charge in [-0.15, -0.1) is 0 Å².